The number of hydrogen-bond acceptors (Lipinski definition) is 2. The molecule has 1 unspecified atom stereocenters. The van der Waals surface area contributed by atoms with Crippen molar-refractivity contribution in [2.24, 2.45) is 0 Å². The lowest BCUT2D eigenvalue weighted by Crippen LogP contribution is -3.00. The topological polar surface area (TPSA) is 32.3 Å². The molecule has 0 aliphatic carbocycles. The van der Waals surface area contributed by atoms with Crippen molar-refractivity contribution in [1.82, 2.24) is 5.32 Å². The molecule has 0 radical (unpaired) electrons. The monoisotopic (exact) mass is 343 g/mol. The van der Waals surface area contributed by atoms with E-state index < -0.39 is 0 Å². The Hall–Kier alpha value is 0.160. The Kier molecular flexibility index (Phi) is 14.5. The van der Waals surface area contributed by atoms with Crippen molar-refractivity contribution in [2.45, 2.75) is 19.4 Å². The summed E-state index contributed by atoms with van der Waals surface area (Å²) < 4.78 is 1.68. The first-order valence-electron chi connectivity index (χ1n) is 7.17. The van der Waals surface area contributed by atoms with E-state index in [1.165, 1.54) is 5.57 Å². The van der Waals surface area contributed by atoms with Crippen LogP contribution in [0, 0.1) is 0 Å². The third-order valence-electron chi connectivity index (χ3n) is 3.01. The molecule has 0 fully saturated rings. The van der Waals surface area contributed by atoms with Crippen molar-refractivity contribution >= 4 is 0 Å². The molecule has 6 heteroatoms. The van der Waals surface area contributed by atoms with E-state index >= 15 is 0 Å². The van der Waals surface area contributed by atoms with Crippen LogP contribution in [0.15, 0.2) is 12.2 Å². The van der Waals surface area contributed by atoms with E-state index in [2.05, 4.69) is 47.1 Å². The van der Waals surface area contributed by atoms with Crippen LogP contribution < -0.4 is 30.1 Å². The molecular formula is C15H35Cl2N3O. The van der Waals surface area contributed by atoms with E-state index in [-0.39, 0.29) is 30.9 Å². The Bertz CT molecular complexity index is 279. The second-order valence-corrected chi connectivity index (χ2v) is 7.46. The quantitative estimate of drug-likeness (QED) is 0.236. The van der Waals surface area contributed by atoms with Gasteiger partial charge >= 0.3 is 0 Å². The molecule has 4 nitrogen and oxygen atoms in total. The first kappa shape index (κ1) is 26.1. The standard InChI is InChI=1S/C15H35N3O.2ClH/c1-14(2)11-16-9-8-10-18(6,7)13-15(19)12-17(3,4)5;;/h15-16,19H,1,8-13H2,2-7H3;2*1H/q+2;;/p-2. The van der Waals surface area contributed by atoms with E-state index in [9.17, 15) is 5.11 Å². The van der Waals surface area contributed by atoms with Crippen LogP contribution >= 0.6 is 0 Å². The molecule has 130 valence electrons. The number of hydrogen-bond donors (Lipinski definition) is 2. The van der Waals surface area contributed by atoms with Gasteiger partial charge in [-0.15, -0.1) is 0 Å². The van der Waals surface area contributed by atoms with Crippen molar-refractivity contribution in [3.63, 3.8) is 0 Å². The molecule has 0 spiro atoms. The van der Waals surface area contributed by atoms with E-state index in [0.29, 0.717) is 0 Å². The Morgan fingerprint density at radius 2 is 1.62 bits per heavy atom. The van der Waals surface area contributed by atoms with Crippen LogP contribution in [0.2, 0.25) is 0 Å². The molecule has 0 bridgehead atoms. The molecule has 0 aliphatic rings. The molecule has 1 atom stereocenters. The number of nitrogens with one attached hydrogen (secondary N) is 1. The Morgan fingerprint density at radius 1 is 1.10 bits per heavy atom. The zero-order valence-electron chi connectivity index (χ0n) is 14.6. The lowest BCUT2D eigenvalue weighted by molar-refractivity contribution is -0.907. The molecule has 0 amide bonds. The van der Waals surface area contributed by atoms with Gasteiger partial charge in [-0.05, 0) is 6.92 Å². The number of aliphatic hydroxyl groups is 1. The summed E-state index contributed by atoms with van der Waals surface area (Å²) in [6, 6.07) is 0. The number of nitrogens with zero attached hydrogens (tertiary/aromatic N) is 2. The Labute approximate surface area is 144 Å². The minimum Gasteiger partial charge on any atom is -1.00 e. The molecule has 0 aliphatic heterocycles. The fourth-order valence-electron chi connectivity index (χ4n) is 2.29. The highest BCUT2D eigenvalue weighted by Gasteiger charge is 2.24. The van der Waals surface area contributed by atoms with Gasteiger partial charge in [0.15, 0.2) is 6.10 Å². The van der Waals surface area contributed by atoms with E-state index in [4.69, 9.17) is 0 Å². The van der Waals surface area contributed by atoms with Crippen molar-refractivity contribution < 1.29 is 38.9 Å². The molecular weight excluding hydrogens is 309 g/mol. The highest BCUT2D eigenvalue weighted by atomic mass is 35.5. The first-order valence-corrected chi connectivity index (χ1v) is 7.17. The molecule has 0 aromatic rings. The highest BCUT2D eigenvalue weighted by molar-refractivity contribution is 4.90. The number of halogens is 2. The van der Waals surface area contributed by atoms with Crippen LogP contribution in [-0.4, -0.2) is 88.1 Å². The zero-order chi connectivity index (χ0) is 15.1. The fourth-order valence-corrected chi connectivity index (χ4v) is 2.29. The Morgan fingerprint density at radius 3 is 2.05 bits per heavy atom. The van der Waals surface area contributed by atoms with Gasteiger partial charge in [0.05, 0.1) is 41.8 Å². The van der Waals surface area contributed by atoms with Crippen LogP contribution in [0.4, 0.5) is 0 Å². The van der Waals surface area contributed by atoms with Crippen molar-refractivity contribution in [2.75, 3.05) is 68.0 Å². The number of quaternary nitrogens is 2. The van der Waals surface area contributed by atoms with Crippen LogP contribution in [0.1, 0.15) is 13.3 Å². The average Bonchev–Trinajstić information content (AvgIpc) is 2.11. The van der Waals surface area contributed by atoms with Gasteiger partial charge in [0.25, 0.3) is 0 Å². The molecule has 0 rings (SSSR count). The lowest BCUT2D eigenvalue weighted by atomic mass is 10.2. The normalized spacial score (nSPS) is 13.1. The maximum atomic E-state index is 10.1. The fraction of sp³-hybridized carbons (Fsp3) is 0.867. The summed E-state index contributed by atoms with van der Waals surface area (Å²) in [6.45, 7) is 10.5. The van der Waals surface area contributed by atoms with E-state index in [0.717, 1.165) is 48.1 Å². The van der Waals surface area contributed by atoms with E-state index in [1.807, 2.05) is 6.92 Å². The third kappa shape index (κ3) is 18.1. The first-order chi connectivity index (χ1) is 8.52. The molecule has 0 aromatic heterocycles. The summed E-state index contributed by atoms with van der Waals surface area (Å²) in [4.78, 5) is 0. The van der Waals surface area contributed by atoms with Crippen LogP contribution in [0.25, 0.3) is 0 Å². The van der Waals surface area contributed by atoms with E-state index in [1.54, 1.807) is 0 Å². The van der Waals surface area contributed by atoms with Gasteiger partial charge in [-0.2, -0.15) is 0 Å². The lowest BCUT2D eigenvalue weighted by Gasteiger charge is -2.34. The van der Waals surface area contributed by atoms with Gasteiger partial charge in [0.2, 0.25) is 0 Å². The minimum absolute atomic E-state index is 0. The van der Waals surface area contributed by atoms with Crippen molar-refractivity contribution in [3.8, 4) is 0 Å². The van der Waals surface area contributed by atoms with Crippen molar-refractivity contribution in [1.29, 1.82) is 0 Å². The maximum Gasteiger partial charge on any atom is 0.152 e. The summed E-state index contributed by atoms with van der Waals surface area (Å²) in [5.74, 6) is 0. The summed E-state index contributed by atoms with van der Waals surface area (Å²) in [5, 5.41) is 13.5. The summed E-state index contributed by atoms with van der Waals surface area (Å²) >= 11 is 0. The van der Waals surface area contributed by atoms with Gasteiger partial charge in [0, 0.05) is 19.5 Å². The molecule has 2 N–H and O–H groups in total. The van der Waals surface area contributed by atoms with Crippen LogP contribution in [0.5, 0.6) is 0 Å². The molecule has 21 heavy (non-hydrogen) atoms. The summed E-state index contributed by atoms with van der Waals surface area (Å²) in [6.07, 6.45) is 0.885. The second-order valence-electron chi connectivity index (χ2n) is 7.46. The van der Waals surface area contributed by atoms with Crippen molar-refractivity contribution in [3.05, 3.63) is 12.2 Å². The summed E-state index contributed by atoms with van der Waals surface area (Å²) in [5.41, 5.74) is 1.17. The SMILES string of the molecule is C=C(C)CNCCC[N+](C)(C)CC(O)C[N+](C)(C)C.[Cl-].[Cl-]. The minimum atomic E-state index is -0.238. The maximum absolute atomic E-state index is 10.1. The predicted molar refractivity (Wildman–Crippen MR) is 83.0 cm³/mol. The van der Waals surface area contributed by atoms with Crippen LogP contribution in [-0.2, 0) is 0 Å². The number of rotatable bonds is 10. The van der Waals surface area contributed by atoms with Gasteiger partial charge in [-0.1, -0.05) is 12.2 Å². The van der Waals surface area contributed by atoms with Gasteiger partial charge in [-0.3, -0.25) is 0 Å². The van der Waals surface area contributed by atoms with Gasteiger partial charge in [-0.25, -0.2) is 0 Å². The number of aliphatic hydroxyl groups excluding tert-OH is 1. The highest BCUT2D eigenvalue weighted by Crippen LogP contribution is 2.04. The van der Waals surface area contributed by atoms with Gasteiger partial charge in [0.1, 0.15) is 13.1 Å². The Balaban J connectivity index is -0.00000162. The predicted octanol–water partition coefficient (Wildman–Crippen LogP) is -5.31. The molecule has 0 saturated heterocycles. The zero-order valence-corrected chi connectivity index (χ0v) is 16.1. The largest absolute Gasteiger partial charge is 1.00 e. The molecule has 0 aromatic carbocycles. The molecule has 0 saturated carbocycles. The molecule has 0 heterocycles. The second kappa shape index (κ2) is 11.7. The summed E-state index contributed by atoms with van der Waals surface area (Å²) in [7, 11) is 10.7. The third-order valence-corrected chi connectivity index (χ3v) is 3.01. The smallest absolute Gasteiger partial charge is 0.152 e. The van der Waals surface area contributed by atoms with Gasteiger partial charge < -0.3 is 44.2 Å². The van der Waals surface area contributed by atoms with Crippen LogP contribution in [0.3, 0.4) is 0 Å². The number of likely N-dealkylation sites (N-methyl/N-ethyl adjacent to an activating group) is 2. The average molecular weight is 344 g/mol.